The molecule has 9 heteroatoms. The molecule has 0 aliphatic rings. The Morgan fingerprint density at radius 2 is 0.860 bits per heavy atom. The molecular weight excluding hydrogens is 883 g/mol. The number of carbonyl (C=O) groups is 1. The quantitative estimate of drug-likeness (QED) is 0.120. The van der Waals surface area contributed by atoms with E-state index in [1.54, 1.807) is 0 Å². The zero-order valence-electron chi connectivity index (χ0n) is 30.3. The predicted molar refractivity (Wildman–Crippen MR) is 227 cm³/mol. The second-order valence-corrected chi connectivity index (χ2v) is 14.6. The Bertz CT molecular complexity index is 2460. The molecule has 2 aromatic heterocycles. The molecule has 0 saturated heterocycles. The number of nitrogens with zero attached hydrogens (tertiary/aromatic N) is 2. The summed E-state index contributed by atoms with van der Waals surface area (Å²) >= 11 is 5.41. The van der Waals surface area contributed by atoms with Crippen molar-refractivity contribution in [2.45, 2.75) is 6.10 Å². The molecule has 6 aromatic carbocycles. The van der Waals surface area contributed by atoms with Gasteiger partial charge in [0.15, 0.2) is 0 Å². The van der Waals surface area contributed by atoms with Gasteiger partial charge in [0, 0.05) is 25.6 Å². The molecule has 1 atom stereocenters. The van der Waals surface area contributed by atoms with Gasteiger partial charge in [-0.25, -0.2) is 9.97 Å². The Morgan fingerprint density at radius 3 is 1.32 bits per heavy atom. The van der Waals surface area contributed by atoms with E-state index >= 15 is 0 Å². The van der Waals surface area contributed by atoms with Crippen molar-refractivity contribution in [1.82, 2.24) is 9.97 Å². The summed E-state index contributed by atoms with van der Waals surface area (Å²) in [5.74, 6) is -0.0857. The van der Waals surface area contributed by atoms with Gasteiger partial charge in [0.25, 0.3) is 0 Å². The average Bonchev–Trinajstić information content (AvgIpc) is 3.28. The molecule has 1 unspecified atom stereocenters. The third kappa shape index (κ3) is 11.2. The normalized spacial score (nSPS) is 10.9. The van der Waals surface area contributed by atoms with E-state index in [1.807, 2.05) is 176 Å². The van der Waals surface area contributed by atoms with Crippen LogP contribution in [0.25, 0.3) is 44.8 Å². The van der Waals surface area contributed by atoms with Crippen molar-refractivity contribution in [3.8, 4) is 44.8 Å². The van der Waals surface area contributed by atoms with Crippen LogP contribution in [0.3, 0.4) is 0 Å². The number of carbonyl (C=O) groups excluding carboxylic acids is 1. The van der Waals surface area contributed by atoms with E-state index < -0.39 is 20.9 Å². The fraction of sp³-hybridized carbons (Fsp3) is 0.0208. The van der Waals surface area contributed by atoms with Crippen LogP contribution in [0.15, 0.2) is 203 Å². The summed E-state index contributed by atoms with van der Waals surface area (Å²) in [4.78, 5) is 22.5. The first kappa shape index (κ1) is 41.0. The summed E-state index contributed by atoms with van der Waals surface area (Å²) < 4.78 is 18.7. The Morgan fingerprint density at radius 1 is 0.474 bits per heavy atom. The first-order valence-corrected chi connectivity index (χ1v) is 20.3. The van der Waals surface area contributed by atoms with Gasteiger partial charge in [-0.1, -0.05) is 165 Å². The molecule has 0 bridgehead atoms. The number of pyridine rings is 2. The molecule has 6 nitrogen and oxygen atoms in total. The van der Waals surface area contributed by atoms with E-state index in [4.69, 9.17) is 12.7 Å². The van der Waals surface area contributed by atoms with Gasteiger partial charge in [0.2, 0.25) is 5.78 Å². The Balaban J connectivity index is 0.000000180. The summed E-state index contributed by atoms with van der Waals surface area (Å²) in [5.41, 5.74) is 10.3. The molecular formula is C48H34Br2MnN2O4. The number of aromatic nitrogens is 2. The van der Waals surface area contributed by atoms with Crippen molar-refractivity contribution >= 4 is 37.6 Å². The first-order chi connectivity index (χ1) is 27.8. The molecule has 8 rings (SSSR count). The van der Waals surface area contributed by atoms with Gasteiger partial charge in [0.05, 0.1) is 17.1 Å². The maximum atomic E-state index is 13.0. The number of rotatable bonds is 8. The van der Waals surface area contributed by atoms with Crippen LogP contribution in [0.4, 0.5) is 0 Å². The molecule has 0 saturated carbocycles. The monoisotopic (exact) mass is 915 g/mol. The Labute approximate surface area is 354 Å². The third-order valence-electron chi connectivity index (χ3n) is 8.83. The maximum absolute atomic E-state index is 13.0. The molecule has 57 heavy (non-hydrogen) atoms. The van der Waals surface area contributed by atoms with Crippen molar-refractivity contribution < 1.29 is 32.4 Å². The molecule has 0 fully saturated rings. The summed E-state index contributed by atoms with van der Waals surface area (Å²) in [6.07, 6.45) is -0.788. The van der Waals surface area contributed by atoms with Gasteiger partial charge in [0.1, 0.15) is 11.8 Å². The van der Waals surface area contributed by atoms with Crippen molar-refractivity contribution in [2.75, 3.05) is 0 Å². The minimum absolute atomic E-state index is 0.0857. The fourth-order valence-electron chi connectivity index (χ4n) is 6.01. The number of halogens is 2. The van der Waals surface area contributed by atoms with Crippen LogP contribution in [0.1, 0.15) is 33.4 Å². The van der Waals surface area contributed by atoms with Crippen LogP contribution in [0, 0.1) is 0 Å². The van der Waals surface area contributed by atoms with Crippen LogP contribution in [0.5, 0.6) is 0 Å². The SMILES string of the molecule is O=C(c1ccc(Br)cc1)c1cc(-c2ccccc2)cc(-c2ccccc2)n1.OC(c1ccc(Br)cc1)c1cc(-c2ccccc2)cc(-c2ccccc2)n1.[O]=[Mn]=[O]. The topological polar surface area (TPSA) is 97.2 Å². The van der Waals surface area contributed by atoms with Gasteiger partial charge in [-0.05, 0) is 88.5 Å². The molecule has 0 aliphatic heterocycles. The Kier molecular flexibility index (Phi) is 14.7. The van der Waals surface area contributed by atoms with E-state index in [2.05, 4.69) is 55.0 Å². The zero-order chi connectivity index (χ0) is 40.0. The van der Waals surface area contributed by atoms with Gasteiger partial charge < -0.3 is 5.11 Å². The average molecular weight is 918 g/mol. The van der Waals surface area contributed by atoms with Crippen molar-refractivity contribution in [3.63, 3.8) is 0 Å². The predicted octanol–water partition coefficient (Wildman–Crippen LogP) is 12.4. The van der Waals surface area contributed by atoms with Crippen molar-refractivity contribution in [1.29, 1.82) is 0 Å². The van der Waals surface area contributed by atoms with Crippen LogP contribution in [-0.2, 0) is 22.5 Å². The summed E-state index contributed by atoms with van der Waals surface area (Å²) in [7, 11) is 0. The molecule has 0 spiro atoms. The second-order valence-electron chi connectivity index (χ2n) is 12.6. The van der Waals surface area contributed by atoms with Gasteiger partial charge in [-0.3, -0.25) is 4.79 Å². The number of aliphatic hydroxyl groups is 1. The summed E-state index contributed by atoms with van der Waals surface area (Å²) in [5, 5.41) is 10.9. The van der Waals surface area contributed by atoms with Crippen LogP contribution < -0.4 is 0 Å². The van der Waals surface area contributed by atoms with Gasteiger partial charge in [-0.2, -0.15) is 0 Å². The van der Waals surface area contributed by atoms with Crippen molar-refractivity contribution in [3.05, 3.63) is 226 Å². The second kappa shape index (κ2) is 20.5. The Hall–Kier alpha value is -5.67. The van der Waals surface area contributed by atoms with Crippen LogP contribution in [-0.4, -0.2) is 20.9 Å². The number of aliphatic hydroxyl groups excluding tert-OH is 1. The molecule has 0 aliphatic carbocycles. The van der Waals surface area contributed by atoms with E-state index in [0.717, 1.165) is 59.3 Å². The molecule has 281 valence electrons. The fourth-order valence-corrected chi connectivity index (χ4v) is 6.54. The molecule has 8 aromatic rings. The third-order valence-corrected chi connectivity index (χ3v) is 9.89. The number of benzene rings is 6. The zero-order valence-corrected chi connectivity index (χ0v) is 34.6. The number of hydrogen-bond donors (Lipinski definition) is 1. The van der Waals surface area contributed by atoms with E-state index in [9.17, 15) is 9.90 Å². The molecule has 0 amide bonds. The minimum atomic E-state index is -1.44. The summed E-state index contributed by atoms with van der Waals surface area (Å²) in [6.45, 7) is 0. The van der Waals surface area contributed by atoms with Crippen molar-refractivity contribution in [2.24, 2.45) is 0 Å². The summed E-state index contributed by atoms with van der Waals surface area (Å²) in [6, 6.07) is 63.2. The van der Waals surface area contributed by atoms with Crippen LogP contribution in [0.2, 0.25) is 0 Å². The van der Waals surface area contributed by atoms with E-state index in [-0.39, 0.29) is 5.78 Å². The number of hydrogen-bond acceptors (Lipinski definition) is 6. The standard InChI is InChI=1S/C24H18BrNO.C24H16BrNO.Mn.2O/c2*25-21-13-11-19(12-14-21)24(27)23-16-20(17-7-3-1-4-8-17)15-22(26-23)18-9-5-2-6-10-18;;;/h1-16,24,27H;1-16H;;;. The molecule has 2 heterocycles. The van der Waals surface area contributed by atoms with E-state index in [1.165, 1.54) is 0 Å². The molecule has 0 radical (unpaired) electrons. The van der Waals surface area contributed by atoms with Gasteiger partial charge in [-0.15, -0.1) is 0 Å². The number of ketones is 1. The van der Waals surface area contributed by atoms with E-state index in [0.29, 0.717) is 17.0 Å². The molecule has 1 N–H and O–H groups in total. The van der Waals surface area contributed by atoms with Gasteiger partial charge >= 0.3 is 22.5 Å². The van der Waals surface area contributed by atoms with Crippen LogP contribution >= 0.6 is 31.9 Å². The first-order valence-electron chi connectivity index (χ1n) is 17.7.